The number of nitrogens with one attached hydrogen (secondary N) is 1. The van der Waals surface area contributed by atoms with E-state index in [0.29, 0.717) is 11.4 Å². The molecule has 0 atom stereocenters. The van der Waals surface area contributed by atoms with Crippen LogP contribution in [-0.2, 0) is 5.41 Å². The third-order valence-corrected chi connectivity index (χ3v) is 4.31. The first-order valence-electron chi connectivity index (χ1n) is 6.79. The third-order valence-electron chi connectivity index (χ3n) is 4.31. The number of nitrogens with zero attached hydrogens (tertiary/aromatic N) is 1. The lowest BCUT2D eigenvalue weighted by molar-refractivity contribution is 0.576. The normalized spacial score (nSPS) is 16.3. The predicted molar refractivity (Wildman–Crippen MR) is 76.9 cm³/mol. The van der Waals surface area contributed by atoms with Crippen LogP contribution in [0.1, 0.15) is 24.0 Å². The van der Waals surface area contributed by atoms with Crippen molar-refractivity contribution < 1.29 is 8.78 Å². The Hall–Kier alpha value is -2.43. The molecule has 0 unspecified atom stereocenters. The van der Waals surface area contributed by atoms with E-state index in [1.165, 1.54) is 12.1 Å². The second-order valence-corrected chi connectivity index (χ2v) is 5.61. The van der Waals surface area contributed by atoms with Gasteiger partial charge < -0.3 is 5.73 Å². The molecule has 0 saturated heterocycles. The minimum atomic E-state index is -0.542. The topological polar surface area (TPSA) is 54.7 Å². The standard InChI is InChI=1S/C16H13F2N3/c17-11-5-10(6-12(18)8-11)16(3-4-16)9-1-2-14-13(7-9)15(19)21-20-14/h1-2,5-8H,3-4H2,(H3,19,20,21). The number of H-pyrrole nitrogens is 1. The van der Waals surface area contributed by atoms with Gasteiger partial charge in [-0.15, -0.1) is 0 Å². The number of aromatic nitrogens is 2. The molecule has 1 heterocycles. The van der Waals surface area contributed by atoms with Crippen LogP contribution in [0.3, 0.4) is 0 Å². The molecule has 1 aliphatic carbocycles. The van der Waals surface area contributed by atoms with Crippen LogP contribution in [0.2, 0.25) is 0 Å². The van der Waals surface area contributed by atoms with Crippen LogP contribution in [0.15, 0.2) is 36.4 Å². The van der Waals surface area contributed by atoms with Gasteiger partial charge in [-0.3, -0.25) is 5.10 Å². The maximum atomic E-state index is 13.5. The highest BCUT2D eigenvalue weighted by Crippen LogP contribution is 2.54. The summed E-state index contributed by atoms with van der Waals surface area (Å²) in [6.07, 6.45) is 1.75. The zero-order valence-electron chi connectivity index (χ0n) is 11.2. The Morgan fingerprint density at radius 3 is 2.38 bits per heavy atom. The van der Waals surface area contributed by atoms with Gasteiger partial charge in [0.15, 0.2) is 5.82 Å². The summed E-state index contributed by atoms with van der Waals surface area (Å²) in [7, 11) is 0. The van der Waals surface area contributed by atoms with Gasteiger partial charge >= 0.3 is 0 Å². The van der Waals surface area contributed by atoms with Gasteiger partial charge in [0.2, 0.25) is 0 Å². The Morgan fingerprint density at radius 2 is 1.71 bits per heavy atom. The van der Waals surface area contributed by atoms with Crippen molar-refractivity contribution in [1.82, 2.24) is 10.2 Å². The van der Waals surface area contributed by atoms with E-state index >= 15 is 0 Å². The van der Waals surface area contributed by atoms with Crippen molar-refractivity contribution in [2.45, 2.75) is 18.3 Å². The van der Waals surface area contributed by atoms with Gasteiger partial charge in [-0.1, -0.05) is 6.07 Å². The van der Waals surface area contributed by atoms with E-state index < -0.39 is 11.6 Å². The zero-order chi connectivity index (χ0) is 14.6. The fraction of sp³-hybridized carbons (Fsp3) is 0.188. The molecule has 21 heavy (non-hydrogen) atoms. The summed E-state index contributed by atoms with van der Waals surface area (Å²) in [5.41, 5.74) is 8.09. The maximum Gasteiger partial charge on any atom is 0.153 e. The molecule has 5 heteroatoms. The summed E-state index contributed by atoms with van der Waals surface area (Å²) in [5.74, 6) is -0.645. The van der Waals surface area contributed by atoms with Crippen molar-refractivity contribution in [3.8, 4) is 0 Å². The quantitative estimate of drug-likeness (QED) is 0.757. The zero-order valence-corrected chi connectivity index (χ0v) is 11.2. The van der Waals surface area contributed by atoms with E-state index in [-0.39, 0.29) is 5.41 Å². The molecule has 3 nitrogen and oxygen atoms in total. The Balaban J connectivity index is 1.88. The molecule has 106 valence electrons. The van der Waals surface area contributed by atoms with Crippen molar-refractivity contribution in [2.75, 3.05) is 5.73 Å². The second kappa shape index (κ2) is 4.04. The molecule has 1 aromatic heterocycles. The van der Waals surface area contributed by atoms with Gasteiger partial charge in [0.05, 0.1) is 5.52 Å². The van der Waals surface area contributed by atoms with Crippen molar-refractivity contribution >= 4 is 16.7 Å². The number of aromatic amines is 1. The number of nitrogens with two attached hydrogens (primary N) is 1. The highest BCUT2D eigenvalue weighted by Gasteiger charge is 2.46. The van der Waals surface area contributed by atoms with Crippen molar-refractivity contribution in [3.05, 3.63) is 59.2 Å². The van der Waals surface area contributed by atoms with Gasteiger partial charge in [0.1, 0.15) is 11.6 Å². The van der Waals surface area contributed by atoms with Gasteiger partial charge in [-0.2, -0.15) is 5.10 Å². The summed E-state index contributed by atoms with van der Waals surface area (Å²) >= 11 is 0. The first-order chi connectivity index (χ1) is 10.1. The summed E-state index contributed by atoms with van der Waals surface area (Å²) < 4.78 is 27.0. The molecular formula is C16H13F2N3. The number of fused-ring (bicyclic) bond motifs is 1. The first-order valence-corrected chi connectivity index (χ1v) is 6.79. The number of halogens is 2. The van der Waals surface area contributed by atoms with E-state index in [2.05, 4.69) is 10.2 Å². The Kier molecular flexibility index (Phi) is 2.37. The summed E-state index contributed by atoms with van der Waals surface area (Å²) in [4.78, 5) is 0. The molecule has 0 spiro atoms. The largest absolute Gasteiger partial charge is 0.382 e. The van der Waals surface area contributed by atoms with Crippen LogP contribution in [0.4, 0.5) is 14.6 Å². The number of benzene rings is 2. The van der Waals surface area contributed by atoms with Gasteiger partial charge in [-0.25, -0.2) is 8.78 Å². The van der Waals surface area contributed by atoms with Gasteiger partial charge in [0, 0.05) is 16.9 Å². The Bertz CT molecular complexity index is 830. The average Bonchev–Trinajstić information content (AvgIpc) is 3.18. The first kappa shape index (κ1) is 12.3. The number of nitrogen functional groups attached to an aromatic ring is 1. The second-order valence-electron chi connectivity index (χ2n) is 5.61. The molecule has 0 aliphatic heterocycles. The fourth-order valence-electron chi connectivity index (χ4n) is 3.03. The lowest BCUT2D eigenvalue weighted by atomic mass is 9.87. The van der Waals surface area contributed by atoms with Crippen LogP contribution >= 0.6 is 0 Å². The molecule has 1 saturated carbocycles. The third kappa shape index (κ3) is 1.81. The molecular weight excluding hydrogens is 272 g/mol. The van der Waals surface area contributed by atoms with E-state index in [0.717, 1.165) is 35.4 Å². The summed E-state index contributed by atoms with van der Waals surface area (Å²) in [5, 5.41) is 7.67. The van der Waals surface area contributed by atoms with E-state index in [1.807, 2.05) is 18.2 Å². The van der Waals surface area contributed by atoms with Crippen molar-refractivity contribution in [3.63, 3.8) is 0 Å². The lowest BCUT2D eigenvalue weighted by Gasteiger charge is -2.17. The van der Waals surface area contributed by atoms with Gasteiger partial charge in [-0.05, 0) is 48.2 Å². The SMILES string of the molecule is Nc1n[nH]c2ccc(C3(c4cc(F)cc(F)c4)CC3)cc12. The van der Waals surface area contributed by atoms with E-state index in [4.69, 9.17) is 5.73 Å². The summed E-state index contributed by atoms with van der Waals surface area (Å²) in [6.45, 7) is 0. The molecule has 4 rings (SSSR count). The number of hydrogen-bond acceptors (Lipinski definition) is 2. The monoisotopic (exact) mass is 285 g/mol. The number of rotatable bonds is 2. The Morgan fingerprint density at radius 1 is 1.00 bits per heavy atom. The maximum absolute atomic E-state index is 13.5. The highest BCUT2D eigenvalue weighted by atomic mass is 19.1. The molecule has 1 fully saturated rings. The molecule has 1 aliphatic rings. The molecule has 0 amide bonds. The van der Waals surface area contributed by atoms with Crippen LogP contribution in [0, 0.1) is 11.6 Å². The minimum Gasteiger partial charge on any atom is -0.382 e. The van der Waals surface area contributed by atoms with Crippen LogP contribution in [0.5, 0.6) is 0 Å². The van der Waals surface area contributed by atoms with Crippen LogP contribution in [-0.4, -0.2) is 10.2 Å². The van der Waals surface area contributed by atoms with Gasteiger partial charge in [0.25, 0.3) is 0 Å². The Labute approximate surface area is 119 Å². The average molecular weight is 285 g/mol. The predicted octanol–water partition coefficient (Wildman–Crippen LogP) is 3.50. The van der Waals surface area contributed by atoms with Crippen LogP contribution < -0.4 is 5.73 Å². The molecule has 2 aromatic carbocycles. The van der Waals surface area contributed by atoms with Crippen molar-refractivity contribution in [1.29, 1.82) is 0 Å². The molecule has 3 aromatic rings. The smallest absolute Gasteiger partial charge is 0.153 e. The summed E-state index contributed by atoms with van der Waals surface area (Å²) in [6, 6.07) is 9.57. The number of anilines is 1. The molecule has 0 bridgehead atoms. The molecule has 0 radical (unpaired) electrons. The molecule has 3 N–H and O–H groups in total. The minimum absolute atomic E-state index is 0.305. The number of hydrogen-bond donors (Lipinski definition) is 2. The lowest BCUT2D eigenvalue weighted by Crippen LogP contribution is -2.09. The van der Waals surface area contributed by atoms with E-state index in [1.54, 1.807) is 0 Å². The van der Waals surface area contributed by atoms with Crippen molar-refractivity contribution in [2.24, 2.45) is 0 Å². The fourth-order valence-corrected chi connectivity index (χ4v) is 3.03. The van der Waals surface area contributed by atoms with Crippen LogP contribution in [0.25, 0.3) is 10.9 Å². The van der Waals surface area contributed by atoms with E-state index in [9.17, 15) is 8.78 Å². The highest BCUT2D eigenvalue weighted by molar-refractivity contribution is 5.89.